The van der Waals surface area contributed by atoms with E-state index < -0.39 is 11.5 Å². The molecule has 0 bridgehead atoms. The van der Waals surface area contributed by atoms with Crippen LogP contribution in [-0.4, -0.2) is 34.0 Å². The van der Waals surface area contributed by atoms with Gasteiger partial charge in [0.2, 0.25) is 5.91 Å². The highest BCUT2D eigenvalue weighted by Crippen LogP contribution is 2.28. The topological polar surface area (TPSA) is 57.6 Å². The molecule has 98 valence electrons. The minimum Gasteiger partial charge on any atom is -0.480 e. The maximum absolute atomic E-state index is 11.9. The molecule has 1 atom stereocenters. The number of carbonyl (C=O) groups is 2. The fraction of sp³-hybridized carbons (Fsp3) is 0.846. The number of amides is 1. The summed E-state index contributed by atoms with van der Waals surface area (Å²) in [5.74, 6) is -0.438. The molecule has 0 aromatic rings. The lowest BCUT2D eigenvalue weighted by molar-refractivity contribution is -0.160. The van der Waals surface area contributed by atoms with E-state index in [1.54, 1.807) is 11.8 Å². The van der Waals surface area contributed by atoms with Gasteiger partial charge in [-0.1, -0.05) is 13.8 Å². The van der Waals surface area contributed by atoms with Gasteiger partial charge in [-0.2, -0.15) is 0 Å². The van der Waals surface area contributed by atoms with E-state index in [0.717, 1.165) is 19.3 Å². The minimum absolute atomic E-state index is 0.00935. The lowest BCUT2D eigenvalue weighted by atomic mass is 9.88. The summed E-state index contributed by atoms with van der Waals surface area (Å²) in [6.07, 6.45) is 3.65. The van der Waals surface area contributed by atoms with E-state index in [9.17, 15) is 14.7 Å². The smallest absolute Gasteiger partial charge is 0.329 e. The van der Waals surface area contributed by atoms with Crippen LogP contribution in [0.3, 0.4) is 0 Å². The molecule has 0 spiro atoms. The number of hydrogen-bond acceptors (Lipinski definition) is 2. The number of aliphatic carboxylic acids is 1. The molecular formula is C13H23NO3. The zero-order valence-electron chi connectivity index (χ0n) is 11.0. The molecule has 1 aliphatic rings. The van der Waals surface area contributed by atoms with Gasteiger partial charge in [0.1, 0.15) is 5.54 Å². The molecule has 0 radical (unpaired) electrons. The number of hydrogen-bond donors (Lipinski definition) is 1. The Balaban J connectivity index is 2.82. The number of carbonyl (C=O) groups excluding carboxylic acids is 1. The second kappa shape index (κ2) is 5.52. The van der Waals surface area contributed by atoms with E-state index in [-0.39, 0.29) is 5.91 Å². The first-order chi connectivity index (χ1) is 7.88. The predicted octanol–water partition coefficient (Wildman–Crippen LogP) is 2.28. The van der Waals surface area contributed by atoms with Crippen molar-refractivity contribution in [3.63, 3.8) is 0 Å². The third-order valence-electron chi connectivity index (χ3n) is 3.59. The number of rotatable bonds is 5. The Labute approximate surface area is 103 Å². The molecule has 0 aromatic heterocycles. The van der Waals surface area contributed by atoms with Gasteiger partial charge in [-0.25, -0.2) is 4.79 Å². The van der Waals surface area contributed by atoms with E-state index in [2.05, 4.69) is 13.8 Å². The maximum atomic E-state index is 11.9. The Morgan fingerprint density at radius 2 is 2.12 bits per heavy atom. The summed E-state index contributed by atoms with van der Waals surface area (Å²) in [5.41, 5.74) is -1.03. The van der Waals surface area contributed by atoms with Gasteiger partial charge in [-0.3, -0.25) is 4.79 Å². The summed E-state index contributed by atoms with van der Waals surface area (Å²) in [7, 11) is 0. The van der Waals surface area contributed by atoms with Crippen molar-refractivity contribution in [1.82, 2.24) is 4.90 Å². The third kappa shape index (κ3) is 3.20. The molecule has 4 nitrogen and oxygen atoms in total. The molecule has 0 aliphatic carbocycles. The highest BCUT2D eigenvalue weighted by molar-refractivity contribution is 5.87. The molecule has 1 saturated heterocycles. The van der Waals surface area contributed by atoms with Gasteiger partial charge in [0.25, 0.3) is 0 Å². The first-order valence-electron chi connectivity index (χ1n) is 6.42. The van der Waals surface area contributed by atoms with Crippen LogP contribution in [-0.2, 0) is 9.59 Å². The molecule has 1 heterocycles. The van der Waals surface area contributed by atoms with Crippen LogP contribution in [0.25, 0.3) is 0 Å². The molecule has 1 rings (SSSR count). The van der Waals surface area contributed by atoms with E-state index >= 15 is 0 Å². The Morgan fingerprint density at radius 3 is 2.59 bits per heavy atom. The SMILES string of the molecule is CC(C)CCC(C)(C(=O)O)N1CCCCC1=O. The minimum atomic E-state index is -1.03. The van der Waals surface area contributed by atoms with Crippen LogP contribution in [0, 0.1) is 5.92 Å². The van der Waals surface area contributed by atoms with Crippen LogP contribution >= 0.6 is 0 Å². The molecule has 1 amide bonds. The van der Waals surface area contributed by atoms with Crippen LogP contribution in [0.1, 0.15) is 52.9 Å². The summed E-state index contributed by atoms with van der Waals surface area (Å²) >= 11 is 0. The monoisotopic (exact) mass is 241 g/mol. The Kier molecular flexibility index (Phi) is 4.54. The summed E-state index contributed by atoms with van der Waals surface area (Å²) in [6.45, 7) is 6.40. The van der Waals surface area contributed by atoms with Crippen molar-refractivity contribution in [1.29, 1.82) is 0 Å². The number of carboxylic acid groups (broad SMARTS) is 1. The van der Waals surface area contributed by atoms with Crippen LogP contribution in [0.5, 0.6) is 0 Å². The lowest BCUT2D eigenvalue weighted by Crippen LogP contribution is -2.56. The van der Waals surface area contributed by atoms with Gasteiger partial charge in [0.05, 0.1) is 0 Å². The van der Waals surface area contributed by atoms with E-state index in [4.69, 9.17) is 0 Å². The van der Waals surface area contributed by atoms with Gasteiger partial charge in [0.15, 0.2) is 0 Å². The zero-order valence-corrected chi connectivity index (χ0v) is 11.0. The van der Waals surface area contributed by atoms with Crippen molar-refractivity contribution < 1.29 is 14.7 Å². The predicted molar refractivity (Wildman–Crippen MR) is 65.7 cm³/mol. The van der Waals surface area contributed by atoms with Crippen LogP contribution < -0.4 is 0 Å². The van der Waals surface area contributed by atoms with E-state index in [1.807, 2.05) is 0 Å². The van der Waals surface area contributed by atoms with Crippen molar-refractivity contribution in [2.75, 3.05) is 6.54 Å². The largest absolute Gasteiger partial charge is 0.480 e. The maximum Gasteiger partial charge on any atom is 0.329 e. The molecule has 0 saturated carbocycles. The number of likely N-dealkylation sites (tertiary alicyclic amines) is 1. The van der Waals surface area contributed by atoms with Crippen molar-refractivity contribution in [3.8, 4) is 0 Å². The molecule has 4 heteroatoms. The van der Waals surface area contributed by atoms with Crippen molar-refractivity contribution >= 4 is 11.9 Å². The van der Waals surface area contributed by atoms with Crippen molar-refractivity contribution in [3.05, 3.63) is 0 Å². The number of carboxylic acids is 1. The van der Waals surface area contributed by atoms with Crippen LogP contribution in [0.2, 0.25) is 0 Å². The van der Waals surface area contributed by atoms with E-state index in [1.165, 1.54) is 0 Å². The lowest BCUT2D eigenvalue weighted by Gasteiger charge is -2.40. The fourth-order valence-corrected chi connectivity index (χ4v) is 2.25. The Morgan fingerprint density at radius 1 is 1.47 bits per heavy atom. The van der Waals surface area contributed by atoms with Gasteiger partial charge < -0.3 is 10.0 Å². The van der Waals surface area contributed by atoms with E-state index in [0.29, 0.717) is 25.3 Å². The second-order valence-electron chi connectivity index (χ2n) is 5.51. The fourth-order valence-electron chi connectivity index (χ4n) is 2.25. The summed E-state index contributed by atoms with van der Waals surface area (Å²) in [4.78, 5) is 24.9. The number of piperidine rings is 1. The molecule has 1 fully saturated rings. The van der Waals surface area contributed by atoms with Crippen molar-refractivity contribution in [2.24, 2.45) is 5.92 Å². The standard InChI is InChI=1S/C13H23NO3/c1-10(2)7-8-13(3,12(16)17)14-9-5-4-6-11(14)15/h10H,4-9H2,1-3H3,(H,16,17). The zero-order chi connectivity index (χ0) is 13.1. The molecule has 0 aromatic carbocycles. The summed E-state index contributed by atoms with van der Waals surface area (Å²) in [6, 6.07) is 0. The van der Waals surface area contributed by atoms with Crippen molar-refractivity contribution in [2.45, 2.75) is 58.4 Å². The quantitative estimate of drug-likeness (QED) is 0.803. The molecule has 17 heavy (non-hydrogen) atoms. The summed E-state index contributed by atoms with van der Waals surface area (Å²) < 4.78 is 0. The Hall–Kier alpha value is -1.06. The number of nitrogens with zero attached hydrogens (tertiary/aromatic N) is 1. The molecular weight excluding hydrogens is 218 g/mol. The second-order valence-corrected chi connectivity index (χ2v) is 5.51. The average molecular weight is 241 g/mol. The molecule has 1 aliphatic heterocycles. The first kappa shape index (κ1) is 14.0. The van der Waals surface area contributed by atoms with Gasteiger partial charge in [-0.15, -0.1) is 0 Å². The normalized spacial score (nSPS) is 20.5. The third-order valence-corrected chi connectivity index (χ3v) is 3.59. The van der Waals surface area contributed by atoms with Gasteiger partial charge in [-0.05, 0) is 38.5 Å². The van der Waals surface area contributed by atoms with Gasteiger partial charge in [0, 0.05) is 13.0 Å². The van der Waals surface area contributed by atoms with Crippen LogP contribution in [0.15, 0.2) is 0 Å². The van der Waals surface area contributed by atoms with Gasteiger partial charge >= 0.3 is 5.97 Å². The Bertz CT molecular complexity index is 301. The molecule has 1 unspecified atom stereocenters. The average Bonchev–Trinajstić information content (AvgIpc) is 2.26. The highest BCUT2D eigenvalue weighted by Gasteiger charge is 2.42. The first-order valence-corrected chi connectivity index (χ1v) is 6.42. The summed E-state index contributed by atoms with van der Waals surface area (Å²) in [5, 5.41) is 9.42. The molecule has 1 N–H and O–H groups in total. The highest BCUT2D eigenvalue weighted by atomic mass is 16.4. The van der Waals surface area contributed by atoms with Crippen LogP contribution in [0.4, 0.5) is 0 Å².